The Morgan fingerprint density at radius 3 is 2.47 bits per heavy atom. The van der Waals surface area contributed by atoms with Crippen LogP contribution < -0.4 is 14.8 Å². The van der Waals surface area contributed by atoms with E-state index < -0.39 is 12.8 Å². The first-order valence-electron chi connectivity index (χ1n) is 8.95. The van der Waals surface area contributed by atoms with E-state index in [4.69, 9.17) is 4.74 Å². The van der Waals surface area contributed by atoms with Gasteiger partial charge in [0.15, 0.2) is 11.8 Å². The quantitative estimate of drug-likeness (QED) is 0.672. The number of aliphatic imine (C=N–C) groups is 1. The lowest BCUT2D eigenvalue weighted by atomic mass is 10.1. The van der Waals surface area contributed by atoms with Crippen molar-refractivity contribution in [3.63, 3.8) is 0 Å². The third kappa shape index (κ3) is 6.55. The molecule has 1 N–H and O–H groups in total. The predicted octanol–water partition coefficient (Wildman–Crippen LogP) is 4.61. The molecular formula is C21H19F3N2O3S. The minimum absolute atomic E-state index is 0.0376. The lowest BCUT2D eigenvalue weighted by Crippen LogP contribution is -2.25. The number of nitrogens with one attached hydrogen (secondary N) is 1. The SMILES string of the molecule is COc1ccc(C2CSC(NC(=O)/C=C/c3ccc(OCC(F)(F)F)cc3)=N2)cc1. The summed E-state index contributed by atoms with van der Waals surface area (Å²) in [6, 6.07) is 13.6. The Hall–Kier alpha value is -2.94. The third-order valence-corrected chi connectivity index (χ3v) is 5.05. The van der Waals surface area contributed by atoms with E-state index in [-0.39, 0.29) is 17.7 Å². The number of thioether (sulfide) groups is 1. The number of halogens is 3. The van der Waals surface area contributed by atoms with Crippen LogP contribution in [-0.2, 0) is 4.79 Å². The summed E-state index contributed by atoms with van der Waals surface area (Å²) in [5, 5.41) is 3.28. The lowest BCUT2D eigenvalue weighted by Gasteiger charge is -2.08. The number of amides is 1. The highest BCUT2D eigenvalue weighted by molar-refractivity contribution is 8.14. The Labute approximate surface area is 176 Å². The van der Waals surface area contributed by atoms with Gasteiger partial charge >= 0.3 is 6.18 Å². The van der Waals surface area contributed by atoms with Crippen LogP contribution in [0.1, 0.15) is 17.2 Å². The number of carbonyl (C=O) groups excluding carboxylic acids is 1. The van der Waals surface area contributed by atoms with Gasteiger partial charge in [0.05, 0.1) is 13.2 Å². The van der Waals surface area contributed by atoms with E-state index in [2.05, 4.69) is 15.0 Å². The molecule has 5 nitrogen and oxygen atoms in total. The van der Waals surface area contributed by atoms with Crippen LogP contribution in [-0.4, -0.2) is 36.7 Å². The van der Waals surface area contributed by atoms with Gasteiger partial charge in [0.1, 0.15) is 11.5 Å². The van der Waals surface area contributed by atoms with Gasteiger partial charge in [-0.25, -0.2) is 0 Å². The van der Waals surface area contributed by atoms with Crippen molar-refractivity contribution in [2.75, 3.05) is 19.5 Å². The number of hydrogen-bond donors (Lipinski definition) is 1. The van der Waals surface area contributed by atoms with Crippen molar-refractivity contribution in [2.45, 2.75) is 12.2 Å². The summed E-state index contributed by atoms with van der Waals surface area (Å²) in [5.74, 6) is 1.27. The molecule has 1 heterocycles. The van der Waals surface area contributed by atoms with Crippen LogP contribution in [0.5, 0.6) is 11.5 Å². The number of carbonyl (C=O) groups is 1. The van der Waals surface area contributed by atoms with Crippen LogP contribution in [0.15, 0.2) is 59.6 Å². The van der Waals surface area contributed by atoms with Gasteiger partial charge in [-0.05, 0) is 41.5 Å². The summed E-state index contributed by atoms with van der Waals surface area (Å²) >= 11 is 1.46. The molecule has 2 aromatic rings. The number of alkyl halides is 3. The van der Waals surface area contributed by atoms with Gasteiger partial charge in [0, 0.05) is 11.8 Å². The van der Waals surface area contributed by atoms with E-state index in [0.29, 0.717) is 10.7 Å². The molecule has 0 saturated heterocycles. The number of rotatable bonds is 6. The van der Waals surface area contributed by atoms with Crippen molar-refractivity contribution < 1.29 is 27.4 Å². The summed E-state index contributed by atoms with van der Waals surface area (Å²) in [6.07, 6.45) is -1.48. The second kappa shape index (κ2) is 9.71. The van der Waals surface area contributed by atoms with Gasteiger partial charge in [-0.15, -0.1) is 0 Å². The molecule has 1 unspecified atom stereocenters. The molecule has 30 heavy (non-hydrogen) atoms. The average molecular weight is 436 g/mol. The number of ether oxygens (including phenoxy) is 2. The third-order valence-electron chi connectivity index (χ3n) is 4.09. The largest absolute Gasteiger partial charge is 0.497 e. The minimum atomic E-state index is -4.38. The van der Waals surface area contributed by atoms with Gasteiger partial charge in [0.2, 0.25) is 5.91 Å². The molecule has 0 fully saturated rings. The molecule has 9 heteroatoms. The second-order valence-electron chi connectivity index (χ2n) is 6.33. The second-order valence-corrected chi connectivity index (χ2v) is 7.34. The van der Waals surface area contributed by atoms with Crippen LogP contribution in [0.3, 0.4) is 0 Å². The predicted molar refractivity (Wildman–Crippen MR) is 111 cm³/mol. The highest BCUT2D eigenvalue weighted by Gasteiger charge is 2.28. The Bertz CT molecular complexity index is 926. The molecule has 0 saturated carbocycles. The summed E-state index contributed by atoms with van der Waals surface area (Å²) in [6.45, 7) is -1.35. The molecule has 0 aliphatic carbocycles. The van der Waals surface area contributed by atoms with E-state index in [9.17, 15) is 18.0 Å². The summed E-state index contributed by atoms with van der Waals surface area (Å²) in [4.78, 5) is 16.6. The van der Waals surface area contributed by atoms with Gasteiger partial charge in [-0.2, -0.15) is 13.2 Å². The van der Waals surface area contributed by atoms with Crippen molar-refractivity contribution in [3.8, 4) is 11.5 Å². The minimum Gasteiger partial charge on any atom is -0.497 e. The fourth-order valence-corrected chi connectivity index (χ4v) is 3.56. The molecule has 0 aromatic heterocycles. The van der Waals surface area contributed by atoms with E-state index in [0.717, 1.165) is 17.1 Å². The molecule has 1 aliphatic rings. The molecule has 1 aliphatic heterocycles. The highest BCUT2D eigenvalue weighted by atomic mass is 32.2. The normalized spacial score (nSPS) is 16.4. The molecule has 0 radical (unpaired) electrons. The topological polar surface area (TPSA) is 59.9 Å². The Morgan fingerprint density at radius 2 is 1.83 bits per heavy atom. The Morgan fingerprint density at radius 1 is 1.17 bits per heavy atom. The maximum atomic E-state index is 12.2. The van der Waals surface area contributed by atoms with Crippen molar-refractivity contribution in [2.24, 2.45) is 4.99 Å². The molecule has 1 amide bonds. The molecule has 0 spiro atoms. The van der Waals surface area contributed by atoms with Crippen LogP contribution >= 0.6 is 11.8 Å². The fourth-order valence-electron chi connectivity index (χ4n) is 2.60. The highest BCUT2D eigenvalue weighted by Crippen LogP contribution is 2.30. The van der Waals surface area contributed by atoms with Crippen molar-refractivity contribution in [3.05, 3.63) is 65.7 Å². The van der Waals surface area contributed by atoms with E-state index in [1.807, 2.05) is 24.3 Å². The monoisotopic (exact) mass is 436 g/mol. The van der Waals surface area contributed by atoms with Crippen LogP contribution in [0, 0.1) is 0 Å². The van der Waals surface area contributed by atoms with E-state index in [1.165, 1.54) is 30.0 Å². The van der Waals surface area contributed by atoms with Crippen molar-refractivity contribution in [1.29, 1.82) is 0 Å². The zero-order valence-corrected chi connectivity index (χ0v) is 16.8. The van der Waals surface area contributed by atoms with Crippen LogP contribution in [0.2, 0.25) is 0 Å². The zero-order chi connectivity index (χ0) is 21.6. The van der Waals surface area contributed by atoms with Crippen molar-refractivity contribution in [1.82, 2.24) is 5.32 Å². The summed E-state index contributed by atoms with van der Waals surface area (Å²) < 4.78 is 46.2. The van der Waals surface area contributed by atoms with Crippen LogP contribution in [0.25, 0.3) is 6.08 Å². The number of methoxy groups -OCH3 is 1. The first kappa shape index (κ1) is 21.8. The zero-order valence-electron chi connectivity index (χ0n) is 16.0. The molecule has 0 bridgehead atoms. The van der Waals surface area contributed by atoms with Gasteiger partial charge in [-0.1, -0.05) is 36.0 Å². The van der Waals surface area contributed by atoms with E-state index >= 15 is 0 Å². The lowest BCUT2D eigenvalue weighted by molar-refractivity contribution is -0.153. The summed E-state index contributed by atoms with van der Waals surface area (Å²) in [7, 11) is 1.61. The number of hydrogen-bond acceptors (Lipinski definition) is 5. The number of amidine groups is 1. The van der Waals surface area contributed by atoms with Crippen LogP contribution in [0.4, 0.5) is 13.2 Å². The Balaban J connectivity index is 1.51. The molecule has 1 atom stereocenters. The maximum absolute atomic E-state index is 12.2. The van der Waals surface area contributed by atoms with Gasteiger partial charge in [-0.3, -0.25) is 9.79 Å². The first-order chi connectivity index (χ1) is 14.3. The molecule has 158 valence electrons. The maximum Gasteiger partial charge on any atom is 0.422 e. The summed E-state index contributed by atoms with van der Waals surface area (Å²) in [5.41, 5.74) is 1.69. The number of nitrogens with zero attached hydrogens (tertiary/aromatic N) is 1. The van der Waals surface area contributed by atoms with Crippen molar-refractivity contribution >= 4 is 28.9 Å². The van der Waals surface area contributed by atoms with Gasteiger partial charge in [0.25, 0.3) is 0 Å². The first-order valence-corrected chi connectivity index (χ1v) is 9.94. The van der Waals surface area contributed by atoms with Gasteiger partial charge < -0.3 is 14.8 Å². The molecule has 2 aromatic carbocycles. The number of benzene rings is 2. The molecule has 3 rings (SSSR count). The van der Waals surface area contributed by atoms with E-state index in [1.54, 1.807) is 25.3 Å². The fraction of sp³-hybridized carbons (Fsp3) is 0.238. The standard InChI is InChI=1S/C21H19F3N2O3S/c1-28-16-9-5-15(6-10-16)18-12-30-20(25-18)26-19(27)11-4-14-2-7-17(8-3-14)29-13-21(22,23)24/h2-11,18H,12-13H2,1H3,(H,25,26,27)/b11-4+. The average Bonchev–Trinajstić information content (AvgIpc) is 3.19. The Kier molecular flexibility index (Phi) is 7.04. The smallest absolute Gasteiger partial charge is 0.422 e. The molecular weight excluding hydrogens is 417 g/mol.